The van der Waals surface area contributed by atoms with Gasteiger partial charge < -0.3 is 10.1 Å². The largest absolute Gasteiger partial charge is 0.486 e. The van der Waals surface area contributed by atoms with Crippen LogP contribution in [0.5, 0.6) is 5.75 Å². The molecule has 162 valence electrons. The van der Waals surface area contributed by atoms with Gasteiger partial charge in [-0.25, -0.2) is 0 Å². The molecule has 0 aliphatic carbocycles. The standard InChI is InChI=1S/C23H25ClN4O2S/c1-4-9-28-21(14-30-20-11-16(2)10-17(3)12-20)26-27-23(28)31-15-22(29)25-13-18-5-7-19(24)8-6-18/h4-8,10-12H,1,9,13-15H2,2-3H3,(H,25,29). The second-order valence-corrected chi connectivity index (χ2v) is 8.48. The number of rotatable bonds is 10. The van der Waals surface area contributed by atoms with Gasteiger partial charge in [0.25, 0.3) is 0 Å². The molecule has 0 bridgehead atoms. The highest BCUT2D eigenvalue weighted by Gasteiger charge is 2.14. The minimum Gasteiger partial charge on any atom is -0.486 e. The third kappa shape index (κ3) is 6.87. The molecule has 0 radical (unpaired) electrons. The lowest BCUT2D eigenvalue weighted by Crippen LogP contribution is -2.24. The van der Waals surface area contributed by atoms with Gasteiger partial charge in [0, 0.05) is 18.1 Å². The van der Waals surface area contributed by atoms with Gasteiger partial charge in [0.2, 0.25) is 5.91 Å². The number of hydrogen-bond acceptors (Lipinski definition) is 5. The van der Waals surface area contributed by atoms with Crippen LogP contribution >= 0.6 is 23.4 Å². The zero-order chi connectivity index (χ0) is 22.2. The Morgan fingerprint density at radius 3 is 2.58 bits per heavy atom. The first-order valence-corrected chi connectivity index (χ1v) is 11.2. The van der Waals surface area contributed by atoms with Crippen LogP contribution in [0, 0.1) is 13.8 Å². The Kier molecular flexibility index (Phi) is 8.14. The summed E-state index contributed by atoms with van der Waals surface area (Å²) in [5.74, 6) is 1.63. The lowest BCUT2D eigenvalue weighted by Gasteiger charge is -2.10. The van der Waals surface area contributed by atoms with E-state index in [1.807, 2.05) is 42.7 Å². The number of aromatic nitrogens is 3. The Morgan fingerprint density at radius 1 is 1.19 bits per heavy atom. The molecular weight excluding hydrogens is 432 g/mol. The summed E-state index contributed by atoms with van der Waals surface area (Å²) >= 11 is 7.22. The maximum atomic E-state index is 12.2. The van der Waals surface area contributed by atoms with Crippen LogP contribution < -0.4 is 10.1 Å². The van der Waals surface area contributed by atoms with Crippen LogP contribution in [-0.4, -0.2) is 26.4 Å². The summed E-state index contributed by atoms with van der Waals surface area (Å²) in [6.45, 7) is 9.15. The predicted molar refractivity (Wildman–Crippen MR) is 124 cm³/mol. The molecule has 31 heavy (non-hydrogen) atoms. The van der Waals surface area contributed by atoms with Crippen molar-refractivity contribution in [2.45, 2.75) is 38.7 Å². The van der Waals surface area contributed by atoms with Crippen molar-refractivity contribution < 1.29 is 9.53 Å². The normalized spacial score (nSPS) is 10.7. The Hall–Kier alpha value is -2.77. The average Bonchev–Trinajstić information content (AvgIpc) is 3.11. The first kappa shape index (κ1) is 22.9. The second kappa shape index (κ2) is 11.0. The molecule has 0 atom stereocenters. The molecule has 0 spiro atoms. The number of thioether (sulfide) groups is 1. The van der Waals surface area contributed by atoms with E-state index in [9.17, 15) is 4.79 Å². The average molecular weight is 457 g/mol. The zero-order valence-corrected chi connectivity index (χ0v) is 19.2. The number of allylic oxidation sites excluding steroid dienone is 1. The SMILES string of the molecule is C=CCn1c(COc2cc(C)cc(C)c2)nnc1SCC(=O)NCc1ccc(Cl)cc1. The first-order valence-electron chi connectivity index (χ1n) is 9.82. The molecule has 0 aliphatic heterocycles. The molecule has 6 nitrogen and oxygen atoms in total. The summed E-state index contributed by atoms with van der Waals surface area (Å²) in [4.78, 5) is 12.2. The minimum atomic E-state index is -0.0823. The van der Waals surface area contributed by atoms with Crippen molar-refractivity contribution in [2.75, 3.05) is 5.75 Å². The highest BCUT2D eigenvalue weighted by Crippen LogP contribution is 2.20. The summed E-state index contributed by atoms with van der Waals surface area (Å²) in [5.41, 5.74) is 3.27. The molecule has 0 unspecified atom stereocenters. The van der Waals surface area contributed by atoms with Gasteiger partial charge in [-0.05, 0) is 54.8 Å². The number of carbonyl (C=O) groups is 1. The van der Waals surface area contributed by atoms with E-state index in [0.717, 1.165) is 22.4 Å². The first-order chi connectivity index (χ1) is 14.9. The Morgan fingerprint density at radius 2 is 1.90 bits per heavy atom. The summed E-state index contributed by atoms with van der Waals surface area (Å²) < 4.78 is 7.83. The van der Waals surface area contributed by atoms with Crippen LogP contribution in [-0.2, 0) is 24.5 Å². The van der Waals surface area contributed by atoms with E-state index in [-0.39, 0.29) is 18.3 Å². The fraction of sp³-hybridized carbons (Fsp3) is 0.261. The lowest BCUT2D eigenvalue weighted by atomic mass is 10.1. The predicted octanol–water partition coefficient (Wildman–Crippen LogP) is 4.72. The van der Waals surface area contributed by atoms with Crippen molar-refractivity contribution in [1.29, 1.82) is 0 Å². The van der Waals surface area contributed by atoms with E-state index < -0.39 is 0 Å². The minimum absolute atomic E-state index is 0.0823. The highest BCUT2D eigenvalue weighted by molar-refractivity contribution is 7.99. The fourth-order valence-electron chi connectivity index (χ4n) is 2.99. The number of nitrogens with zero attached hydrogens (tertiary/aromatic N) is 3. The van der Waals surface area contributed by atoms with E-state index in [1.165, 1.54) is 11.8 Å². The van der Waals surface area contributed by atoms with Gasteiger partial charge in [-0.15, -0.1) is 16.8 Å². The van der Waals surface area contributed by atoms with Crippen molar-refractivity contribution in [1.82, 2.24) is 20.1 Å². The number of ether oxygens (including phenoxy) is 1. The number of hydrogen-bond donors (Lipinski definition) is 1. The van der Waals surface area contributed by atoms with Gasteiger partial charge in [-0.3, -0.25) is 9.36 Å². The lowest BCUT2D eigenvalue weighted by molar-refractivity contribution is -0.118. The van der Waals surface area contributed by atoms with Crippen LogP contribution in [0.3, 0.4) is 0 Å². The Balaban J connectivity index is 1.57. The van der Waals surface area contributed by atoms with Crippen molar-refractivity contribution in [3.63, 3.8) is 0 Å². The summed E-state index contributed by atoms with van der Waals surface area (Å²) in [7, 11) is 0. The number of nitrogens with one attached hydrogen (secondary N) is 1. The van der Waals surface area contributed by atoms with Crippen molar-refractivity contribution >= 4 is 29.3 Å². The molecule has 2 aromatic carbocycles. The van der Waals surface area contributed by atoms with Crippen LogP contribution in [0.15, 0.2) is 60.3 Å². The number of carbonyl (C=O) groups excluding carboxylic acids is 1. The van der Waals surface area contributed by atoms with Gasteiger partial charge in [-0.2, -0.15) is 0 Å². The van der Waals surface area contributed by atoms with Crippen molar-refractivity contribution in [2.24, 2.45) is 0 Å². The highest BCUT2D eigenvalue weighted by atomic mass is 35.5. The number of benzene rings is 2. The molecule has 0 aliphatic rings. The topological polar surface area (TPSA) is 69.0 Å². The van der Waals surface area contributed by atoms with Crippen molar-refractivity contribution in [3.05, 3.63) is 82.7 Å². The molecule has 3 aromatic rings. The third-order valence-electron chi connectivity index (χ3n) is 4.40. The molecule has 1 amide bonds. The fourth-order valence-corrected chi connectivity index (χ4v) is 3.92. The molecule has 1 aromatic heterocycles. The molecule has 8 heteroatoms. The molecule has 1 N–H and O–H groups in total. The van der Waals surface area contributed by atoms with E-state index >= 15 is 0 Å². The molecular formula is C23H25ClN4O2S. The number of aryl methyl sites for hydroxylation is 2. The van der Waals surface area contributed by atoms with Crippen LogP contribution in [0.1, 0.15) is 22.5 Å². The second-order valence-electron chi connectivity index (χ2n) is 7.10. The maximum absolute atomic E-state index is 12.2. The van der Waals surface area contributed by atoms with Gasteiger partial charge in [0.15, 0.2) is 11.0 Å². The number of halogens is 1. The Labute approximate surface area is 191 Å². The third-order valence-corrected chi connectivity index (χ3v) is 5.62. The van der Waals surface area contributed by atoms with Gasteiger partial charge >= 0.3 is 0 Å². The zero-order valence-electron chi connectivity index (χ0n) is 17.6. The number of amides is 1. The summed E-state index contributed by atoms with van der Waals surface area (Å²) in [6.07, 6.45) is 1.77. The van der Waals surface area contributed by atoms with Crippen LogP contribution in [0.25, 0.3) is 0 Å². The quantitative estimate of drug-likeness (QED) is 0.353. The monoisotopic (exact) mass is 456 g/mol. The van der Waals surface area contributed by atoms with Gasteiger partial charge in [0.1, 0.15) is 12.4 Å². The molecule has 0 saturated heterocycles. The van der Waals surface area contributed by atoms with E-state index in [4.69, 9.17) is 16.3 Å². The van der Waals surface area contributed by atoms with E-state index in [2.05, 4.69) is 28.2 Å². The summed E-state index contributed by atoms with van der Waals surface area (Å²) in [5, 5.41) is 12.7. The smallest absolute Gasteiger partial charge is 0.230 e. The van der Waals surface area contributed by atoms with Gasteiger partial charge in [0.05, 0.1) is 5.75 Å². The maximum Gasteiger partial charge on any atom is 0.230 e. The van der Waals surface area contributed by atoms with Crippen LogP contribution in [0.2, 0.25) is 5.02 Å². The van der Waals surface area contributed by atoms with E-state index in [1.54, 1.807) is 18.2 Å². The molecule has 3 rings (SSSR count). The molecule has 0 fully saturated rings. The van der Waals surface area contributed by atoms with Gasteiger partial charge in [-0.1, -0.05) is 47.6 Å². The molecule has 1 heterocycles. The van der Waals surface area contributed by atoms with E-state index in [0.29, 0.717) is 29.1 Å². The van der Waals surface area contributed by atoms with Crippen molar-refractivity contribution in [3.8, 4) is 5.75 Å². The Bertz CT molecular complexity index is 1030. The summed E-state index contributed by atoms with van der Waals surface area (Å²) in [6, 6.07) is 13.5. The van der Waals surface area contributed by atoms with Crippen LogP contribution in [0.4, 0.5) is 0 Å². The molecule has 0 saturated carbocycles.